The van der Waals surface area contributed by atoms with Gasteiger partial charge in [-0.15, -0.1) is 4.99 Å². The van der Waals surface area contributed by atoms with E-state index in [1.54, 1.807) is 6.19 Å². The number of carbonyl (C=O) groups is 1. The predicted molar refractivity (Wildman–Crippen MR) is 67.5 cm³/mol. The van der Waals surface area contributed by atoms with Gasteiger partial charge in [-0.2, -0.15) is 5.26 Å². The normalized spacial score (nSPS) is 20.9. The lowest BCUT2D eigenvalue weighted by Gasteiger charge is -2.32. The van der Waals surface area contributed by atoms with Gasteiger partial charge in [0.1, 0.15) is 0 Å². The van der Waals surface area contributed by atoms with Gasteiger partial charge in [-0.25, -0.2) is 0 Å². The number of nitrogens with zero attached hydrogens (tertiary/aromatic N) is 3. The van der Waals surface area contributed by atoms with Crippen molar-refractivity contribution in [1.29, 1.82) is 5.26 Å². The molecule has 0 aromatic carbocycles. The Morgan fingerprint density at radius 1 is 1.71 bits per heavy atom. The molecule has 0 N–H and O–H groups in total. The van der Waals surface area contributed by atoms with E-state index < -0.39 is 0 Å². The molecule has 1 unspecified atom stereocenters. The SMILES string of the molecule is CCOC(=O)C1CCCN(C(=NC#N)SC)C1. The van der Waals surface area contributed by atoms with Crippen LogP contribution in [-0.2, 0) is 9.53 Å². The summed E-state index contributed by atoms with van der Waals surface area (Å²) in [7, 11) is 0. The molecule has 0 amide bonds. The molecule has 0 radical (unpaired) electrons. The number of thioether (sulfide) groups is 1. The van der Waals surface area contributed by atoms with Crippen molar-refractivity contribution in [2.24, 2.45) is 10.9 Å². The molecule has 0 saturated carbocycles. The van der Waals surface area contributed by atoms with Crippen LogP contribution in [0.1, 0.15) is 19.8 Å². The lowest BCUT2D eigenvalue weighted by Crippen LogP contribution is -2.41. The third kappa shape index (κ3) is 3.93. The van der Waals surface area contributed by atoms with Gasteiger partial charge < -0.3 is 9.64 Å². The van der Waals surface area contributed by atoms with E-state index in [1.165, 1.54) is 11.8 Å². The van der Waals surface area contributed by atoms with E-state index in [9.17, 15) is 4.79 Å². The molecule has 1 saturated heterocycles. The van der Waals surface area contributed by atoms with Crippen LogP contribution in [0, 0.1) is 17.4 Å². The number of hydrogen-bond donors (Lipinski definition) is 0. The quantitative estimate of drug-likeness (QED) is 0.323. The minimum absolute atomic E-state index is 0.0975. The lowest BCUT2D eigenvalue weighted by atomic mass is 9.99. The lowest BCUT2D eigenvalue weighted by molar-refractivity contribution is -0.149. The second kappa shape index (κ2) is 7.17. The fourth-order valence-electron chi connectivity index (χ4n) is 1.89. The zero-order chi connectivity index (χ0) is 12.7. The van der Waals surface area contributed by atoms with E-state index in [1.807, 2.05) is 18.1 Å². The molecule has 5 nitrogen and oxygen atoms in total. The van der Waals surface area contributed by atoms with Gasteiger partial charge >= 0.3 is 5.97 Å². The highest BCUT2D eigenvalue weighted by atomic mass is 32.2. The molecule has 0 bridgehead atoms. The first-order valence-electron chi connectivity index (χ1n) is 5.65. The molecule has 0 spiro atoms. The van der Waals surface area contributed by atoms with Crippen LogP contribution in [0.25, 0.3) is 0 Å². The summed E-state index contributed by atoms with van der Waals surface area (Å²) in [4.78, 5) is 17.4. The summed E-state index contributed by atoms with van der Waals surface area (Å²) < 4.78 is 5.03. The van der Waals surface area contributed by atoms with Gasteiger partial charge in [-0.1, -0.05) is 11.8 Å². The van der Waals surface area contributed by atoms with E-state index in [4.69, 9.17) is 10.00 Å². The highest BCUT2D eigenvalue weighted by Gasteiger charge is 2.28. The molecule has 1 atom stereocenters. The molecule has 0 aliphatic carbocycles. The number of hydrogen-bond acceptors (Lipinski definition) is 5. The average Bonchev–Trinajstić information content (AvgIpc) is 2.36. The number of rotatable bonds is 2. The molecule has 0 aromatic rings. The van der Waals surface area contributed by atoms with Crippen molar-refractivity contribution in [3.8, 4) is 6.19 Å². The summed E-state index contributed by atoms with van der Waals surface area (Å²) in [5.41, 5.74) is 0. The molecule has 1 aliphatic rings. The van der Waals surface area contributed by atoms with Crippen molar-refractivity contribution in [3.05, 3.63) is 0 Å². The standard InChI is InChI=1S/C11H17N3O2S/c1-3-16-10(15)9-5-4-6-14(7-9)11(17-2)13-8-12/h9H,3-7H2,1-2H3. The zero-order valence-electron chi connectivity index (χ0n) is 10.2. The van der Waals surface area contributed by atoms with Gasteiger partial charge in [0.25, 0.3) is 0 Å². The number of nitriles is 1. The minimum Gasteiger partial charge on any atom is -0.466 e. The Morgan fingerprint density at radius 2 is 2.47 bits per heavy atom. The Labute approximate surface area is 106 Å². The van der Waals surface area contributed by atoms with Crippen molar-refractivity contribution in [3.63, 3.8) is 0 Å². The maximum Gasteiger partial charge on any atom is 0.310 e. The Morgan fingerprint density at radius 3 is 3.06 bits per heavy atom. The van der Waals surface area contributed by atoms with Crippen molar-refractivity contribution >= 4 is 22.9 Å². The fraction of sp³-hybridized carbons (Fsp3) is 0.727. The zero-order valence-corrected chi connectivity index (χ0v) is 11.0. The molecular weight excluding hydrogens is 238 g/mol. The molecule has 6 heteroatoms. The topological polar surface area (TPSA) is 65.7 Å². The van der Waals surface area contributed by atoms with Gasteiger partial charge in [0, 0.05) is 13.1 Å². The Bertz CT molecular complexity index is 338. The van der Waals surface area contributed by atoms with Gasteiger partial charge in [-0.3, -0.25) is 4.79 Å². The first-order valence-corrected chi connectivity index (χ1v) is 6.87. The fourth-order valence-corrected chi connectivity index (χ4v) is 2.45. The third-order valence-corrected chi connectivity index (χ3v) is 3.35. The highest BCUT2D eigenvalue weighted by Crippen LogP contribution is 2.20. The summed E-state index contributed by atoms with van der Waals surface area (Å²) in [6, 6.07) is 0. The summed E-state index contributed by atoms with van der Waals surface area (Å²) >= 11 is 1.43. The smallest absolute Gasteiger partial charge is 0.310 e. The number of aliphatic imine (C=N–C) groups is 1. The maximum absolute atomic E-state index is 11.7. The minimum atomic E-state index is -0.144. The molecular formula is C11H17N3O2S. The van der Waals surface area contributed by atoms with E-state index >= 15 is 0 Å². The summed E-state index contributed by atoms with van der Waals surface area (Å²) in [6.07, 6.45) is 5.45. The molecule has 17 heavy (non-hydrogen) atoms. The van der Waals surface area contributed by atoms with E-state index in [2.05, 4.69) is 4.99 Å². The number of likely N-dealkylation sites (tertiary alicyclic amines) is 1. The average molecular weight is 255 g/mol. The van der Waals surface area contributed by atoms with Gasteiger partial charge in [0.05, 0.1) is 12.5 Å². The molecule has 94 valence electrons. The van der Waals surface area contributed by atoms with Crippen molar-refractivity contribution in [1.82, 2.24) is 4.90 Å². The predicted octanol–water partition coefficient (Wildman–Crippen LogP) is 1.46. The second-order valence-electron chi connectivity index (χ2n) is 3.74. The van der Waals surface area contributed by atoms with Crippen LogP contribution in [-0.4, -0.2) is 42.0 Å². The summed E-state index contributed by atoms with van der Waals surface area (Å²) in [5.74, 6) is -0.241. The number of amidine groups is 1. The number of ether oxygens (including phenoxy) is 1. The highest BCUT2D eigenvalue weighted by molar-refractivity contribution is 8.13. The number of carbonyl (C=O) groups excluding carboxylic acids is 1. The van der Waals surface area contributed by atoms with Crippen LogP contribution in [0.3, 0.4) is 0 Å². The molecule has 1 aliphatic heterocycles. The monoisotopic (exact) mass is 255 g/mol. The first kappa shape index (κ1) is 13.8. The van der Waals surface area contributed by atoms with Crippen molar-refractivity contribution < 1.29 is 9.53 Å². The van der Waals surface area contributed by atoms with Crippen LogP contribution in [0.2, 0.25) is 0 Å². The largest absolute Gasteiger partial charge is 0.466 e. The number of piperidine rings is 1. The molecule has 0 aromatic heterocycles. The van der Waals surface area contributed by atoms with Crippen LogP contribution in [0.4, 0.5) is 0 Å². The van der Waals surface area contributed by atoms with Gasteiger partial charge in [0.2, 0.25) is 6.19 Å². The Kier molecular flexibility index (Phi) is 5.84. The summed E-state index contributed by atoms with van der Waals surface area (Å²) in [6.45, 7) is 3.66. The Balaban J connectivity index is 2.63. The van der Waals surface area contributed by atoms with Crippen LogP contribution in [0.15, 0.2) is 4.99 Å². The maximum atomic E-state index is 11.7. The van der Waals surface area contributed by atoms with Gasteiger partial charge in [-0.05, 0) is 26.0 Å². The van der Waals surface area contributed by atoms with E-state index in [0.29, 0.717) is 18.3 Å². The summed E-state index contributed by atoms with van der Waals surface area (Å²) in [5, 5.41) is 9.27. The van der Waals surface area contributed by atoms with Crippen LogP contribution >= 0.6 is 11.8 Å². The van der Waals surface area contributed by atoms with Crippen LogP contribution < -0.4 is 0 Å². The second-order valence-corrected chi connectivity index (χ2v) is 4.51. The van der Waals surface area contributed by atoms with E-state index in [0.717, 1.165) is 19.4 Å². The van der Waals surface area contributed by atoms with Crippen molar-refractivity contribution in [2.75, 3.05) is 26.0 Å². The number of esters is 1. The molecule has 1 fully saturated rings. The van der Waals surface area contributed by atoms with Crippen LogP contribution in [0.5, 0.6) is 0 Å². The molecule has 1 rings (SSSR count). The Hall–Kier alpha value is -1.22. The first-order chi connectivity index (χ1) is 8.22. The van der Waals surface area contributed by atoms with Crippen molar-refractivity contribution in [2.45, 2.75) is 19.8 Å². The van der Waals surface area contributed by atoms with Gasteiger partial charge in [0.15, 0.2) is 5.17 Å². The third-order valence-electron chi connectivity index (χ3n) is 2.64. The van der Waals surface area contributed by atoms with E-state index in [-0.39, 0.29) is 11.9 Å². The molecule has 1 heterocycles.